The number of hydrogen-bond donors (Lipinski definition) is 0. The molecule has 3 heterocycles. The van der Waals surface area contributed by atoms with Gasteiger partial charge in [0.1, 0.15) is 22.7 Å². The van der Waals surface area contributed by atoms with E-state index in [1.165, 1.54) is 6.39 Å². The van der Waals surface area contributed by atoms with Gasteiger partial charge in [0.05, 0.1) is 11.2 Å². The van der Waals surface area contributed by atoms with Crippen molar-refractivity contribution in [1.82, 2.24) is 15.0 Å². The fourth-order valence-corrected chi connectivity index (χ4v) is 2.82. The minimum atomic E-state index is 0.744. The first-order chi connectivity index (χ1) is 9.90. The molecule has 0 aliphatic rings. The number of nitrogens with zero attached hydrogens (tertiary/aromatic N) is 3. The van der Waals surface area contributed by atoms with E-state index in [0.717, 1.165) is 33.0 Å². The van der Waals surface area contributed by atoms with Crippen molar-refractivity contribution < 1.29 is 4.42 Å². The maximum absolute atomic E-state index is 4.98. The second kappa shape index (κ2) is 4.54. The number of hydrogen-bond acceptors (Lipinski definition) is 5. The Hall–Kier alpha value is -2.53. The monoisotopic (exact) mass is 279 g/mol. The molecule has 0 fully saturated rings. The van der Waals surface area contributed by atoms with Crippen molar-refractivity contribution >= 4 is 22.2 Å². The number of pyridine rings is 1. The lowest BCUT2D eigenvalue weighted by molar-refractivity contribution is 0.558. The second-order valence-corrected chi connectivity index (χ2v) is 5.16. The van der Waals surface area contributed by atoms with Crippen LogP contribution in [0.5, 0.6) is 0 Å². The fourth-order valence-electron chi connectivity index (χ4n) is 2.03. The SMILES string of the molecule is c1ccc2nc(-c3nc(-c4cocn4)cs3)ccc2c1. The Kier molecular flexibility index (Phi) is 2.57. The summed E-state index contributed by atoms with van der Waals surface area (Å²) < 4.78 is 4.98. The number of rotatable bonds is 2. The average Bonchev–Trinajstić information content (AvgIpc) is 3.17. The van der Waals surface area contributed by atoms with Gasteiger partial charge in [-0.2, -0.15) is 0 Å². The lowest BCUT2D eigenvalue weighted by Crippen LogP contribution is -1.85. The third kappa shape index (κ3) is 1.88. The minimum absolute atomic E-state index is 0.744. The molecular weight excluding hydrogens is 270 g/mol. The van der Waals surface area contributed by atoms with Gasteiger partial charge < -0.3 is 4.42 Å². The van der Waals surface area contributed by atoms with E-state index < -0.39 is 0 Å². The molecule has 4 aromatic rings. The van der Waals surface area contributed by atoms with E-state index in [1.807, 2.05) is 29.6 Å². The van der Waals surface area contributed by atoms with Gasteiger partial charge in [-0.1, -0.05) is 24.3 Å². The molecule has 0 spiro atoms. The molecule has 0 amide bonds. The van der Waals surface area contributed by atoms with E-state index in [-0.39, 0.29) is 0 Å². The van der Waals surface area contributed by atoms with Gasteiger partial charge in [-0.15, -0.1) is 11.3 Å². The van der Waals surface area contributed by atoms with Crippen molar-refractivity contribution in [1.29, 1.82) is 0 Å². The van der Waals surface area contributed by atoms with Crippen LogP contribution in [0.3, 0.4) is 0 Å². The van der Waals surface area contributed by atoms with Crippen molar-refractivity contribution in [2.24, 2.45) is 0 Å². The molecule has 0 aliphatic carbocycles. The fraction of sp³-hybridized carbons (Fsp3) is 0. The summed E-state index contributed by atoms with van der Waals surface area (Å²) in [6.45, 7) is 0. The summed E-state index contributed by atoms with van der Waals surface area (Å²) in [7, 11) is 0. The molecule has 0 saturated heterocycles. The molecule has 0 radical (unpaired) electrons. The van der Waals surface area contributed by atoms with E-state index >= 15 is 0 Å². The van der Waals surface area contributed by atoms with Gasteiger partial charge >= 0.3 is 0 Å². The molecule has 0 bridgehead atoms. The Bertz CT molecular complexity index is 868. The molecule has 1 aromatic carbocycles. The normalized spacial score (nSPS) is 11.0. The van der Waals surface area contributed by atoms with Crippen molar-refractivity contribution in [2.75, 3.05) is 0 Å². The predicted octanol–water partition coefficient (Wildman–Crippen LogP) is 4.01. The molecule has 5 heteroatoms. The summed E-state index contributed by atoms with van der Waals surface area (Å²) in [6, 6.07) is 12.1. The summed E-state index contributed by atoms with van der Waals surface area (Å²) in [5, 5.41) is 3.97. The van der Waals surface area contributed by atoms with Gasteiger partial charge in [0.15, 0.2) is 6.39 Å². The maximum Gasteiger partial charge on any atom is 0.181 e. The minimum Gasteiger partial charge on any atom is -0.451 e. The summed E-state index contributed by atoms with van der Waals surface area (Å²) in [5.41, 5.74) is 3.41. The van der Waals surface area contributed by atoms with Gasteiger partial charge in [0.2, 0.25) is 0 Å². The van der Waals surface area contributed by atoms with Crippen molar-refractivity contribution in [3.8, 4) is 22.1 Å². The quantitative estimate of drug-likeness (QED) is 0.556. The van der Waals surface area contributed by atoms with E-state index in [0.29, 0.717) is 0 Å². The van der Waals surface area contributed by atoms with Crippen LogP contribution in [0.25, 0.3) is 33.0 Å². The van der Waals surface area contributed by atoms with E-state index in [9.17, 15) is 0 Å². The van der Waals surface area contributed by atoms with Crippen molar-refractivity contribution in [2.45, 2.75) is 0 Å². The van der Waals surface area contributed by atoms with Gasteiger partial charge in [0.25, 0.3) is 0 Å². The smallest absolute Gasteiger partial charge is 0.181 e. The Labute approximate surface area is 118 Å². The zero-order valence-corrected chi connectivity index (χ0v) is 11.2. The molecule has 0 atom stereocenters. The Balaban J connectivity index is 1.79. The molecule has 3 aromatic heterocycles. The lowest BCUT2D eigenvalue weighted by atomic mass is 10.2. The van der Waals surface area contributed by atoms with Gasteiger partial charge in [-0.25, -0.2) is 15.0 Å². The summed E-state index contributed by atoms with van der Waals surface area (Å²) >= 11 is 1.55. The molecule has 0 unspecified atom stereocenters. The van der Waals surface area contributed by atoms with Crippen molar-refractivity contribution in [3.05, 3.63) is 54.4 Å². The highest BCUT2D eigenvalue weighted by atomic mass is 32.1. The Morgan fingerprint density at radius 1 is 0.900 bits per heavy atom. The topological polar surface area (TPSA) is 51.8 Å². The van der Waals surface area contributed by atoms with E-state index in [1.54, 1.807) is 17.6 Å². The van der Waals surface area contributed by atoms with Crippen LogP contribution < -0.4 is 0 Å². The van der Waals surface area contributed by atoms with Crippen LogP contribution in [0.15, 0.2) is 58.9 Å². The molecular formula is C15H9N3OS. The molecule has 0 N–H and O–H groups in total. The number of fused-ring (bicyclic) bond motifs is 1. The van der Waals surface area contributed by atoms with Crippen LogP contribution >= 0.6 is 11.3 Å². The lowest BCUT2D eigenvalue weighted by Gasteiger charge is -1.99. The highest BCUT2D eigenvalue weighted by molar-refractivity contribution is 7.13. The second-order valence-electron chi connectivity index (χ2n) is 4.30. The van der Waals surface area contributed by atoms with Gasteiger partial charge in [0, 0.05) is 10.8 Å². The van der Waals surface area contributed by atoms with Crippen LogP contribution in [0.4, 0.5) is 0 Å². The van der Waals surface area contributed by atoms with Crippen molar-refractivity contribution in [3.63, 3.8) is 0 Å². The summed E-state index contributed by atoms with van der Waals surface area (Å²) in [5.74, 6) is 0. The van der Waals surface area contributed by atoms with Crippen LogP contribution in [0.2, 0.25) is 0 Å². The molecule has 96 valence electrons. The molecule has 0 saturated carbocycles. The predicted molar refractivity (Wildman–Crippen MR) is 78.3 cm³/mol. The summed E-state index contributed by atoms with van der Waals surface area (Å²) in [6.07, 6.45) is 3.00. The molecule has 4 rings (SSSR count). The number of para-hydroxylation sites is 1. The highest BCUT2D eigenvalue weighted by Gasteiger charge is 2.10. The van der Waals surface area contributed by atoms with Crippen LogP contribution in [-0.4, -0.2) is 15.0 Å². The molecule has 0 aliphatic heterocycles. The summed E-state index contributed by atoms with van der Waals surface area (Å²) in [4.78, 5) is 13.3. The number of oxazole rings is 1. The standard InChI is InChI=1S/C15H9N3OS/c1-2-4-11-10(3-1)5-6-12(17-11)15-18-14(8-20-15)13-7-19-9-16-13/h1-9H. The number of thiazole rings is 1. The number of benzene rings is 1. The van der Waals surface area contributed by atoms with Gasteiger partial charge in [-0.3, -0.25) is 0 Å². The zero-order valence-electron chi connectivity index (χ0n) is 10.4. The largest absolute Gasteiger partial charge is 0.451 e. The van der Waals surface area contributed by atoms with Crippen LogP contribution in [-0.2, 0) is 0 Å². The van der Waals surface area contributed by atoms with Crippen LogP contribution in [0, 0.1) is 0 Å². The third-order valence-corrected chi connectivity index (χ3v) is 3.88. The molecule has 20 heavy (non-hydrogen) atoms. The van der Waals surface area contributed by atoms with Gasteiger partial charge in [-0.05, 0) is 12.1 Å². The Morgan fingerprint density at radius 3 is 2.75 bits per heavy atom. The first-order valence-electron chi connectivity index (χ1n) is 6.10. The third-order valence-electron chi connectivity index (χ3n) is 3.02. The average molecular weight is 279 g/mol. The van der Waals surface area contributed by atoms with E-state index in [2.05, 4.69) is 27.1 Å². The van der Waals surface area contributed by atoms with Crippen LogP contribution in [0.1, 0.15) is 0 Å². The highest BCUT2D eigenvalue weighted by Crippen LogP contribution is 2.28. The van der Waals surface area contributed by atoms with E-state index in [4.69, 9.17) is 4.42 Å². The molecule has 4 nitrogen and oxygen atoms in total. The maximum atomic E-state index is 4.98. The zero-order chi connectivity index (χ0) is 13.4. The number of aromatic nitrogens is 3. The first-order valence-corrected chi connectivity index (χ1v) is 6.98. The Morgan fingerprint density at radius 2 is 1.85 bits per heavy atom. The first kappa shape index (κ1) is 11.3.